The van der Waals surface area contributed by atoms with E-state index in [0.717, 1.165) is 12.1 Å². The maximum Gasteiger partial charge on any atom is 0.239 e. The van der Waals surface area contributed by atoms with Crippen molar-refractivity contribution in [1.82, 2.24) is 0 Å². The standard InChI is InChI=1S/C32H38O19/c1-10-19(37)23(41)26(44)30(45-10)51-29-24(42)20(38)16(8-33)49-32(29)50-28-22(40)18-14(36)6-13(46-31-25(43)21(39)17(9-34)48-31)7-15(18)47-27(28)11-2-4-12(35)5-3-11/h2-7,10,16-17,19-21,23-26,29-39,41-44H,8-9H2,1H3. The lowest BCUT2D eigenvalue weighted by Crippen LogP contribution is -2.64. The Bertz CT molecular complexity index is 1730. The quantitative estimate of drug-likeness (QED) is 0.103. The first kappa shape index (κ1) is 37.1. The van der Waals surface area contributed by atoms with E-state index < -0.39 is 122 Å². The van der Waals surface area contributed by atoms with E-state index in [1.165, 1.54) is 31.2 Å². The topological polar surface area (TPSA) is 308 Å². The molecule has 3 aliphatic rings. The third-order valence-electron chi connectivity index (χ3n) is 8.94. The van der Waals surface area contributed by atoms with Gasteiger partial charge in [-0.15, -0.1) is 0 Å². The molecule has 2 aromatic carbocycles. The van der Waals surface area contributed by atoms with Crippen LogP contribution in [-0.4, -0.2) is 155 Å². The Labute approximate surface area is 287 Å². The summed E-state index contributed by atoms with van der Waals surface area (Å²) < 4.78 is 39.8. The summed E-state index contributed by atoms with van der Waals surface area (Å²) in [4.78, 5) is 14.1. The van der Waals surface area contributed by atoms with E-state index >= 15 is 0 Å². The van der Waals surface area contributed by atoms with Crippen molar-refractivity contribution in [1.29, 1.82) is 0 Å². The Hall–Kier alpha value is -3.67. The minimum absolute atomic E-state index is 0.126. The van der Waals surface area contributed by atoms with Gasteiger partial charge in [-0.3, -0.25) is 4.79 Å². The highest BCUT2D eigenvalue weighted by Crippen LogP contribution is 2.39. The molecular weight excluding hydrogens is 688 g/mol. The van der Waals surface area contributed by atoms with Gasteiger partial charge < -0.3 is 89.0 Å². The number of benzene rings is 2. The fraction of sp³-hybridized carbons (Fsp3) is 0.531. The number of aliphatic hydroxyl groups is 9. The third kappa shape index (κ3) is 6.97. The average molecular weight is 727 g/mol. The summed E-state index contributed by atoms with van der Waals surface area (Å²) in [5.74, 6) is -2.06. The van der Waals surface area contributed by atoms with E-state index in [0.29, 0.717) is 0 Å². The minimum Gasteiger partial charge on any atom is -0.508 e. The normalized spacial score (nSPS) is 37.1. The van der Waals surface area contributed by atoms with Crippen LogP contribution in [0.3, 0.4) is 0 Å². The van der Waals surface area contributed by atoms with Crippen molar-refractivity contribution in [2.24, 2.45) is 0 Å². The van der Waals surface area contributed by atoms with Crippen molar-refractivity contribution in [3.63, 3.8) is 0 Å². The fourth-order valence-electron chi connectivity index (χ4n) is 6.03. The van der Waals surface area contributed by atoms with Gasteiger partial charge in [0.25, 0.3) is 0 Å². The molecule has 3 aromatic rings. The second-order valence-electron chi connectivity index (χ2n) is 12.4. The van der Waals surface area contributed by atoms with Gasteiger partial charge in [0.1, 0.15) is 83.2 Å². The molecule has 11 N–H and O–H groups in total. The molecule has 3 aliphatic heterocycles. The zero-order valence-corrected chi connectivity index (χ0v) is 26.6. The van der Waals surface area contributed by atoms with E-state index in [1.54, 1.807) is 0 Å². The number of phenolic OH excluding ortho intramolecular Hbond substituents is 2. The molecule has 19 heteroatoms. The Morgan fingerprint density at radius 1 is 0.686 bits per heavy atom. The first-order valence-electron chi connectivity index (χ1n) is 15.8. The van der Waals surface area contributed by atoms with Gasteiger partial charge in [-0.25, -0.2) is 0 Å². The number of phenols is 2. The number of aliphatic hydroxyl groups excluding tert-OH is 9. The lowest BCUT2D eigenvalue weighted by atomic mass is 9.97. The molecule has 0 amide bonds. The van der Waals surface area contributed by atoms with E-state index in [9.17, 15) is 61.0 Å². The summed E-state index contributed by atoms with van der Waals surface area (Å²) in [6.07, 6.45) is -22.5. The average Bonchev–Trinajstić information content (AvgIpc) is 3.37. The smallest absolute Gasteiger partial charge is 0.239 e. The van der Waals surface area contributed by atoms with Crippen LogP contribution in [0.15, 0.2) is 45.6 Å². The summed E-state index contributed by atoms with van der Waals surface area (Å²) in [6, 6.07) is 7.34. The van der Waals surface area contributed by atoms with Gasteiger partial charge in [-0.05, 0) is 31.2 Å². The van der Waals surface area contributed by atoms with Crippen LogP contribution in [0.25, 0.3) is 22.3 Å². The Morgan fingerprint density at radius 3 is 1.94 bits per heavy atom. The first-order chi connectivity index (χ1) is 24.2. The summed E-state index contributed by atoms with van der Waals surface area (Å²) in [6.45, 7) is -0.0931. The summed E-state index contributed by atoms with van der Waals surface area (Å²) in [5.41, 5.74) is -1.19. The summed E-state index contributed by atoms with van der Waals surface area (Å²) >= 11 is 0. The van der Waals surface area contributed by atoms with Crippen molar-refractivity contribution in [2.45, 2.75) is 92.9 Å². The molecule has 0 saturated carbocycles. The minimum atomic E-state index is -1.93. The molecular formula is C32H38O19. The Morgan fingerprint density at radius 2 is 1.29 bits per heavy atom. The molecule has 3 fully saturated rings. The monoisotopic (exact) mass is 726 g/mol. The molecule has 6 rings (SSSR count). The number of fused-ring (bicyclic) bond motifs is 1. The van der Waals surface area contributed by atoms with Crippen LogP contribution in [0, 0.1) is 0 Å². The number of hydrogen-bond donors (Lipinski definition) is 11. The van der Waals surface area contributed by atoms with Crippen molar-refractivity contribution >= 4 is 11.0 Å². The van der Waals surface area contributed by atoms with Crippen LogP contribution in [0.5, 0.6) is 23.0 Å². The van der Waals surface area contributed by atoms with Crippen molar-refractivity contribution < 1.29 is 89.0 Å². The second kappa shape index (κ2) is 14.8. The van der Waals surface area contributed by atoms with Gasteiger partial charge >= 0.3 is 0 Å². The van der Waals surface area contributed by atoms with Gasteiger partial charge in [0.2, 0.25) is 23.8 Å². The molecule has 280 valence electrons. The highest BCUT2D eigenvalue weighted by molar-refractivity contribution is 5.88. The maximum absolute atomic E-state index is 14.1. The number of hydrogen-bond acceptors (Lipinski definition) is 19. The second-order valence-corrected chi connectivity index (χ2v) is 12.4. The van der Waals surface area contributed by atoms with E-state index in [4.69, 9.17) is 32.8 Å². The molecule has 14 atom stereocenters. The maximum atomic E-state index is 14.1. The number of rotatable bonds is 9. The van der Waals surface area contributed by atoms with Crippen LogP contribution in [0.2, 0.25) is 0 Å². The van der Waals surface area contributed by atoms with Crippen LogP contribution in [0.1, 0.15) is 6.92 Å². The van der Waals surface area contributed by atoms with Gasteiger partial charge in [-0.1, -0.05) is 0 Å². The molecule has 0 spiro atoms. The van der Waals surface area contributed by atoms with Crippen LogP contribution >= 0.6 is 0 Å². The van der Waals surface area contributed by atoms with Crippen molar-refractivity contribution in [3.05, 3.63) is 46.6 Å². The molecule has 1 aromatic heterocycles. The van der Waals surface area contributed by atoms with Crippen LogP contribution in [-0.2, 0) is 18.9 Å². The van der Waals surface area contributed by atoms with Gasteiger partial charge in [0, 0.05) is 17.7 Å². The zero-order valence-electron chi connectivity index (χ0n) is 26.6. The fourth-order valence-corrected chi connectivity index (χ4v) is 6.03. The third-order valence-corrected chi connectivity index (χ3v) is 8.94. The molecule has 0 aliphatic carbocycles. The molecule has 3 saturated heterocycles. The molecule has 14 unspecified atom stereocenters. The lowest BCUT2D eigenvalue weighted by molar-refractivity contribution is -0.354. The van der Waals surface area contributed by atoms with E-state index in [1.807, 2.05) is 0 Å². The highest BCUT2D eigenvalue weighted by atomic mass is 16.8. The zero-order chi connectivity index (χ0) is 36.9. The number of ether oxygens (including phenoxy) is 6. The van der Waals surface area contributed by atoms with Crippen LogP contribution in [0.4, 0.5) is 0 Å². The molecule has 0 radical (unpaired) electrons. The largest absolute Gasteiger partial charge is 0.508 e. The predicted octanol–water partition coefficient (Wildman–Crippen LogP) is -3.28. The summed E-state index contributed by atoms with van der Waals surface area (Å²) in [5, 5.41) is 113. The first-order valence-corrected chi connectivity index (χ1v) is 15.8. The molecule has 4 heterocycles. The molecule has 51 heavy (non-hydrogen) atoms. The van der Waals surface area contributed by atoms with Crippen LogP contribution < -0.4 is 14.9 Å². The van der Waals surface area contributed by atoms with Gasteiger partial charge in [0.05, 0.1) is 19.3 Å². The molecule has 0 bridgehead atoms. The van der Waals surface area contributed by atoms with E-state index in [2.05, 4.69) is 0 Å². The predicted molar refractivity (Wildman–Crippen MR) is 165 cm³/mol. The Balaban J connectivity index is 1.41. The SMILES string of the molecule is CC1OC(OC2C(Oc3c(-c4ccc(O)cc4)oc4cc(OC5OC(CO)C(O)C5O)cc(O)c4c3=O)OC(CO)C(O)C2O)C(O)C(O)C1O. The summed E-state index contributed by atoms with van der Waals surface area (Å²) in [7, 11) is 0. The highest BCUT2D eigenvalue weighted by Gasteiger charge is 2.51. The lowest BCUT2D eigenvalue weighted by Gasteiger charge is -2.45. The van der Waals surface area contributed by atoms with Crippen molar-refractivity contribution in [2.75, 3.05) is 13.2 Å². The number of aromatic hydroxyl groups is 2. The van der Waals surface area contributed by atoms with Crippen molar-refractivity contribution in [3.8, 4) is 34.3 Å². The Kier molecular flexibility index (Phi) is 10.7. The van der Waals surface area contributed by atoms with Gasteiger partial charge in [0.15, 0.2) is 18.2 Å². The van der Waals surface area contributed by atoms with Gasteiger partial charge in [-0.2, -0.15) is 0 Å². The van der Waals surface area contributed by atoms with E-state index in [-0.39, 0.29) is 28.4 Å². The molecule has 19 nitrogen and oxygen atoms in total.